The van der Waals surface area contributed by atoms with Gasteiger partial charge in [-0.3, -0.25) is 4.79 Å². The van der Waals surface area contributed by atoms with E-state index >= 15 is 0 Å². The van der Waals surface area contributed by atoms with E-state index in [0.717, 1.165) is 0 Å². The number of halogens is 1. The second-order valence-electron chi connectivity index (χ2n) is 2.83. The molecule has 0 spiro atoms. The van der Waals surface area contributed by atoms with Crippen LogP contribution in [-0.2, 0) is 0 Å². The number of carbonyl (C=O) groups is 1. The molecule has 0 saturated heterocycles. The summed E-state index contributed by atoms with van der Waals surface area (Å²) in [7, 11) is 1.38. The molecule has 0 atom stereocenters. The van der Waals surface area contributed by atoms with Gasteiger partial charge in [0.2, 0.25) is 0 Å². The Balaban J connectivity index is 3.35. The summed E-state index contributed by atoms with van der Waals surface area (Å²) in [4.78, 5) is 11.0. The first kappa shape index (κ1) is 9.71. The maximum absolute atomic E-state index is 13.4. The Bertz CT molecular complexity index is 345. The van der Waals surface area contributed by atoms with E-state index in [1.165, 1.54) is 20.1 Å². The van der Waals surface area contributed by atoms with Crippen molar-refractivity contribution in [1.82, 2.24) is 0 Å². The molecule has 13 heavy (non-hydrogen) atoms. The fourth-order valence-electron chi connectivity index (χ4n) is 1.18. The predicted octanol–water partition coefficient (Wildman–Crippen LogP) is 2.35. The van der Waals surface area contributed by atoms with E-state index in [4.69, 9.17) is 4.74 Å². The van der Waals surface area contributed by atoms with Gasteiger partial charge < -0.3 is 4.74 Å². The number of hydrogen-bond donors (Lipinski definition) is 0. The van der Waals surface area contributed by atoms with Crippen LogP contribution in [0.4, 0.5) is 4.39 Å². The van der Waals surface area contributed by atoms with Crippen molar-refractivity contribution in [3.63, 3.8) is 0 Å². The Labute approximate surface area is 76.3 Å². The van der Waals surface area contributed by atoms with E-state index in [1.807, 2.05) is 0 Å². The minimum Gasteiger partial charge on any atom is -0.493 e. The molecule has 0 aliphatic rings. The minimum absolute atomic E-state index is 0.0717. The SMILES string of the molecule is COc1c(C)ccc(C(C)=O)c1F. The zero-order valence-corrected chi connectivity index (χ0v) is 7.85. The number of methoxy groups -OCH3 is 1. The molecule has 2 nitrogen and oxygen atoms in total. The number of Topliss-reactive ketones (excluding diaryl/α,β-unsaturated/α-hetero) is 1. The van der Waals surface area contributed by atoms with E-state index in [1.54, 1.807) is 13.0 Å². The van der Waals surface area contributed by atoms with Crippen LogP contribution in [0.5, 0.6) is 5.75 Å². The first-order valence-electron chi connectivity index (χ1n) is 3.92. The molecule has 1 aromatic rings. The van der Waals surface area contributed by atoms with Crippen molar-refractivity contribution in [3.8, 4) is 5.75 Å². The van der Waals surface area contributed by atoms with Crippen molar-refractivity contribution in [2.75, 3.05) is 7.11 Å². The maximum Gasteiger partial charge on any atom is 0.176 e. The first-order chi connectivity index (χ1) is 6.07. The molecule has 0 saturated carbocycles. The Hall–Kier alpha value is -1.38. The summed E-state index contributed by atoms with van der Waals surface area (Å²) in [5, 5.41) is 0. The highest BCUT2D eigenvalue weighted by Gasteiger charge is 2.13. The fourth-order valence-corrected chi connectivity index (χ4v) is 1.18. The van der Waals surface area contributed by atoms with Crippen LogP contribution in [0.15, 0.2) is 12.1 Å². The van der Waals surface area contributed by atoms with Crippen molar-refractivity contribution >= 4 is 5.78 Å². The van der Waals surface area contributed by atoms with Crippen molar-refractivity contribution in [1.29, 1.82) is 0 Å². The molecule has 0 unspecified atom stereocenters. The lowest BCUT2D eigenvalue weighted by molar-refractivity contribution is 0.101. The van der Waals surface area contributed by atoms with Gasteiger partial charge in [0, 0.05) is 0 Å². The third kappa shape index (κ3) is 1.69. The molecule has 70 valence electrons. The van der Waals surface area contributed by atoms with Crippen LogP contribution in [0.2, 0.25) is 0 Å². The van der Waals surface area contributed by atoms with Crippen LogP contribution in [0.1, 0.15) is 22.8 Å². The average molecular weight is 182 g/mol. The predicted molar refractivity (Wildman–Crippen MR) is 47.7 cm³/mol. The highest BCUT2D eigenvalue weighted by molar-refractivity contribution is 5.94. The Kier molecular flexibility index (Phi) is 2.66. The molecule has 3 heteroatoms. The van der Waals surface area contributed by atoms with Gasteiger partial charge in [0.15, 0.2) is 17.3 Å². The van der Waals surface area contributed by atoms with Gasteiger partial charge >= 0.3 is 0 Å². The number of benzene rings is 1. The number of aryl methyl sites for hydroxylation is 1. The lowest BCUT2D eigenvalue weighted by atomic mass is 10.1. The first-order valence-corrected chi connectivity index (χ1v) is 3.92. The van der Waals surface area contributed by atoms with Crippen molar-refractivity contribution in [3.05, 3.63) is 29.1 Å². The van der Waals surface area contributed by atoms with E-state index in [2.05, 4.69) is 0 Å². The van der Waals surface area contributed by atoms with Crippen molar-refractivity contribution in [2.45, 2.75) is 13.8 Å². The Morgan fingerprint density at radius 2 is 2.08 bits per heavy atom. The van der Waals surface area contributed by atoms with Gasteiger partial charge in [0.25, 0.3) is 0 Å². The summed E-state index contributed by atoms with van der Waals surface area (Å²) in [5.41, 5.74) is 0.757. The molecule has 0 N–H and O–H groups in total. The third-order valence-electron chi connectivity index (χ3n) is 1.88. The standard InChI is InChI=1S/C10H11FO2/c1-6-4-5-8(7(2)12)9(11)10(6)13-3/h4-5H,1-3H3. The van der Waals surface area contributed by atoms with Crippen LogP contribution in [-0.4, -0.2) is 12.9 Å². The van der Waals surface area contributed by atoms with E-state index < -0.39 is 5.82 Å². The second kappa shape index (κ2) is 3.56. The second-order valence-corrected chi connectivity index (χ2v) is 2.83. The average Bonchev–Trinajstić information content (AvgIpc) is 2.04. The highest BCUT2D eigenvalue weighted by atomic mass is 19.1. The largest absolute Gasteiger partial charge is 0.493 e. The van der Waals surface area contributed by atoms with Gasteiger partial charge in [-0.2, -0.15) is 0 Å². The Morgan fingerprint density at radius 1 is 1.46 bits per heavy atom. The van der Waals surface area contributed by atoms with Gasteiger partial charge in [0.05, 0.1) is 12.7 Å². The van der Waals surface area contributed by atoms with Crippen LogP contribution in [0.25, 0.3) is 0 Å². The van der Waals surface area contributed by atoms with Crippen LogP contribution >= 0.6 is 0 Å². The number of ketones is 1. The van der Waals surface area contributed by atoms with Gasteiger partial charge in [-0.15, -0.1) is 0 Å². The topological polar surface area (TPSA) is 26.3 Å². The fraction of sp³-hybridized carbons (Fsp3) is 0.300. The minimum atomic E-state index is -0.574. The molecule has 0 fully saturated rings. The third-order valence-corrected chi connectivity index (χ3v) is 1.88. The molecule has 0 aliphatic heterocycles. The number of hydrogen-bond acceptors (Lipinski definition) is 2. The van der Waals surface area contributed by atoms with E-state index in [-0.39, 0.29) is 17.1 Å². The molecular formula is C10H11FO2. The lowest BCUT2D eigenvalue weighted by Crippen LogP contribution is -2.01. The van der Waals surface area contributed by atoms with Gasteiger partial charge in [-0.25, -0.2) is 4.39 Å². The van der Waals surface area contributed by atoms with Crippen LogP contribution in [0.3, 0.4) is 0 Å². The smallest absolute Gasteiger partial charge is 0.176 e. The molecule has 0 amide bonds. The van der Waals surface area contributed by atoms with E-state index in [0.29, 0.717) is 5.56 Å². The number of ether oxygens (including phenoxy) is 1. The molecule has 0 aromatic heterocycles. The number of rotatable bonds is 2. The molecule has 0 radical (unpaired) electrons. The normalized spacial score (nSPS) is 9.85. The maximum atomic E-state index is 13.4. The molecule has 0 heterocycles. The Morgan fingerprint density at radius 3 is 2.54 bits per heavy atom. The van der Waals surface area contributed by atoms with E-state index in [9.17, 15) is 9.18 Å². The summed E-state index contributed by atoms with van der Waals surface area (Å²) >= 11 is 0. The molecule has 0 bridgehead atoms. The van der Waals surface area contributed by atoms with Gasteiger partial charge in [0.1, 0.15) is 0 Å². The molecule has 1 aromatic carbocycles. The summed E-state index contributed by atoms with van der Waals surface area (Å²) in [5.74, 6) is -0.724. The van der Waals surface area contributed by atoms with Crippen molar-refractivity contribution < 1.29 is 13.9 Å². The zero-order valence-electron chi connectivity index (χ0n) is 7.85. The van der Waals surface area contributed by atoms with Gasteiger partial charge in [-0.1, -0.05) is 6.07 Å². The van der Waals surface area contributed by atoms with Crippen LogP contribution in [0, 0.1) is 12.7 Å². The number of carbonyl (C=O) groups excluding carboxylic acids is 1. The highest BCUT2D eigenvalue weighted by Crippen LogP contribution is 2.24. The molecular weight excluding hydrogens is 171 g/mol. The van der Waals surface area contributed by atoms with Crippen LogP contribution < -0.4 is 4.74 Å². The molecule has 1 rings (SSSR count). The molecule has 0 aliphatic carbocycles. The summed E-state index contributed by atoms with van der Waals surface area (Å²) in [6, 6.07) is 3.13. The summed E-state index contributed by atoms with van der Waals surface area (Å²) < 4.78 is 18.3. The summed E-state index contributed by atoms with van der Waals surface area (Å²) in [6.07, 6.45) is 0. The zero-order chi connectivity index (χ0) is 10.0. The van der Waals surface area contributed by atoms with Crippen molar-refractivity contribution in [2.24, 2.45) is 0 Å². The monoisotopic (exact) mass is 182 g/mol. The van der Waals surface area contributed by atoms with Gasteiger partial charge in [-0.05, 0) is 25.5 Å². The summed E-state index contributed by atoms with van der Waals surface area (Å²) in [6.45, 7) is 3.05. The lowest BCUT2D eigenvalue weighted by Gasteiger charge is -2.07. The quantitative estimate of drug-likeness (QED) is 0.656.